The number of aryl methyl sites for hydroxylation is 1. The number of Topliss-reactive ketones (excluding diaryl/α,β-unsaturated/α-hetero) is 1. The highest BCUT2D eigenvalue weighted by Gasteiger charge is 2.20. The van der Waals surface area contributed by atoms with E-state index >= 15 is 0 Å². The molecule has 0 spiro atoms. The van der Waals surface area contributed by atoms with Crippen molar-refractivity contribution in [2.75, 3.05) is 16.8 Å². The predicted molar refractivity (Wildman–Crippen MR) is 111 cm³/mol. The van der Waals surface area contributed by atoms with E-state index in [1.54, 1.807) is 23.9 Å². The third-order valence-electron chi connectivity index (χ3n) is 5.27. The molecule has 0 atom stereocenters. The van der Waals surface area contributed by atoms with E-state index in [0.29, 0.717) is 11.3 Å². The van der Waals surface area contributed by atoms with Gasteiger partial charge in [-0.25, -0.2) is 0 Å². The van der Waals surface area contributed by atoms with Gasteiger partial charge in [0.25, 0.3) is 5.91 Å². The lowest BCUT2D eigenvalue weighted by Gasteiger charge is -2.32. The van der Waals surface area contributed by atoms with Crippen LogP contribution in [0.3, 0.4) is 0 Å². The summed E-state index contributed by atoms with van der Waals surface area (Å²) in [7, 11) is 1.77. The molecule has 4 rings (SSSR count). The van der Waals surface area contributed by atoms with E-state index in [9.17, 15) is 9.59 Å². The summed E-state index contributed by atoms with van der Waals surface area (Å²) in [6, 6.07) is 18.0. The van der Waals surface area contributed by atoms with Gasteiger partial charge in [-0.2, -0.15) is 0 Å². The number of benzene rings is 2. The van der Waals surface area contributed by atoms with Crippen molar-refractivity contribution in [1.29, 1.82) is 0 Å². The molecule has 1 aliphatic rings. The minimum Gasteiger partial charge on any atom is -0.365 e. The van der Waals surface area contributed by atoms with Crippen LogP contribution in [-0.4, -0.2) is 22.8 Å². The lowest BCUT2D eigenvalue weighted by atomic mass is 9.99. The highest BCUT2D eigenvalue weighted by molar-refractivity contribution is 6.07. The molecule has 28 heavy (non-hydrogen) atoms. The molecule has 5 heteroatoms. The number of hydrogen-bond donors (Lipinski definition) is 1. The second kappa shape index (κ2) is 7.35. The highest BCUT2D eigenvalue weighted by Crippen LogP contribution is 2.30. The van der Waals surface area contributed by atoms with Crippen molar-refractivity contribution in [2.24, 2.45) is 7.05 Å². The van der Waals surface area contributed by atoms with E-state index in [0.717, 1.165) is 30.9 Å². The molecule has 0 saturated heterocycles. The average Bonchev–Trinajstić information content (AvgIpc) is 3.10. The van der Waals surface area contributed by atoms with Crippen LogP contribution >= 0.6 is 0 Å². The minimum atomic E-state index is -0.222. The Hall–Kier alpha value is -3.34. The fourth-order valence-corrected chi connectivity index (χ4v) is 3.73. The molecule has 0 bridgehead atoms. The summed E-state index contributed by atoms with van der Waals surface area (Å²) in [4.78, 5) is 26.7. The van der Waals surface area contributed by atoms with Crippen LogP contribution in [0.4, 0.5) is 11.4 Å². The number of carbonyl (C=O) groups is 2. The lowest BCUT2D eigenvalue weighted by Crippen LogP contribution is -2.31. The van der Waals surface area contributed by atoms with E-state index in [2.05, 4.69) is 34.5 Å². The zero-order valence-electron chi connectivity index (χ0n) is 16.1. The topological polar surface area (TPSA) is 54.3 Å². The summed E-state index contributed by atoms with van der Waals surface area (Å²) in [5, 5.41) is 3.03. The summed E-state index contributed by atoms with van der Waals surface area (Å²) in [5.74, 6) is -0.276. The first-order valence-corrected chi connectivity index (χ1v) is 9.42. The normalized spacial score (nSPS) is 13.1. The average molecular weight is 373 g/mol. The Bertz CT molecular complexity index is 1050. The van der Waals surface area contributed by atoms with Crippen LogP contribution in [0.5, 0.6) is 0 Å². The number of nitrogens with one attached hydrogen (secondary N) is 1. The molecule has 1 amide bonds. The van der Waals surface area contributed by atoms with Gasteiger partial charge in [0, 0.05) is 31.9 Å². The fourth-order valence-electron chi connectivity index (χ4n) is 3.73. The van der Waals surface area contributed by atoms with Gasteiger partial charge in [-0.1, -0.05) is 36.4 Å². The summed E-state index contributed by atoms with van der Waals surface area (Å²) in [5.41, 5.74) is 5.49. The van der Waals surface area contributed by atoms with Crippen LogP contribution < -0.4 is 10.2 Å². The summed E-state index contributed by atoms with van der Waals surface area (Å²) in [6.07, 6.45) is 2.67. The molecule has 1 N–H and O–H groups in total. The number of para-hydroxylation sites is 2. The van der Waals surface area contributed by atoms with Gasteiger partial charge in [0.05, 0.1) is 11.4 Å². The molecule has 1 aromatic heterocycles. The Kier molecular flexibility index (Phi) is 4.74. The van der Waals surface area contributed by atoms with Crippen LogP contribution in [0.2, 0.25) is 0 Å². The Morgan fingerprint density at radius 1 is 1.00 bits per heavy atom. The molecular formula is C23H23N3O2. The molecule has 3 aromatic rings. The molecule has 0 unspecified atom stereocenters. The molecule has 5 nitrogen and oxygen atoms in total. The van der Waals surface area contributed by atoms with Crippen LogP contribution in [0, 0.1) is 0 Å². The largest absolute Gasteiger partial charge is 0.365 e. The second-order valence-corrected chi connectivity index (χ2v) is 7.19. The Balaban J connectivity index is 1.59. The van der Waals surface area contributed by atoms with Crippen molar-refractivity contribution in [1.82, 2.24) is 4.57 Å². The number of rotatable bonds is 4. The number of fused-ring (bicyclic) bond motifs is 1. The van der Waals surface area contributed by atoms with E-state index in [-0.39, 0.29) is 11.7 Å². The maximum atomic E-state index is 12.8. The van der Waals surface area contributed by atoms with Crippen molar-refractivity contribution >= 4 is 23.1 Å². The summed E-state index contributed by atoms with van der Waals surface area (Å²) < 4.78 is 1.69. The molecule has 142 valence electrons. The number of hydrogen-bond acceptors (Lipinski definition) is 3. The van der Waals surface area contributed by atoms with E-state index in [4.69, 9.17) is 0 Å². The maximum Gasteiger partial charge on any atom is 0.272 e. The number of amides is 1. The van der Waals surface area contributed by atoms with Gasteiger partial charge in [0.1, 0.15) is 5.69 Å². The smallest absolute Gasteiger partial charge is 0.272 e. The van der Waals surface area contributed by atoms with Gasteiger partial charge in [0.2, 0.25) is 0 Å². The van der Waals surface area contributed by atoms with Gasteiger partial charge >= 0.3 is 0 Å². The lowest BCUT2D eigenvalue weighted by molar-refractivity contribution is 0.101. The second-order valence-electron chi connectivity index (χ2n) is 7.19. The van der Waals surface area contributed by atoms with Crippen LogP contribution in [-0.2, 0) is 20.0 Å². The third kappa shape index (κ3) is 3.43. The van der Waals surface area contributed by atoms with Gasteiger partial charge < -0.3 is 14.8 Å². The van der Waals surface area contributed by atoms with Crippen molar-refractivity contribution in [2.45, 2.75) is 19.9 Å². The molecular weight excluding hydrogens is 350 g/mol. The molecule has 0 aliphatic carbocycles. The van der Waals surface area contributed by atoms with Crippen LogP contribution in [0.1, 0.15) is 38.9 Å². The first-order chi connectivity index (χ1) is 13.5. The molecule has 0 saturated carbocycles. The molecule has 0 radical (unpaired) electrons. The SMILES string of the molecule is CC(=O)c1cc(C(=O)Nc2ccccc2N2CCc3ccccc3C2)n(C)c1. The van der Waals surface area contributed by atoms with Gasteiger partial charge in [-0.05, 0) is 42.7 Å². The number of anilines is 2. The van der Waals surface area contributed by atoms with Crippen molar-refractivity contribution in [3.05, 3.63) is 83.2 Å². The number of ketones is 1. The number of carbonyl (C=O) groups excluding carboxylic acids is 2. The fraction of sp³-hybridized carbons (Fsp3) is 0.217. The maximum absolute atomic E-state index is 12.8. The molecule has 0 fully saturated rings. The zero-order valence-corrected chi connectivity index (χ0v) is 16.1. The van der Waals surface area contributed by atoms with Gasteiger partial charge in [0.15, 0.2) is 5.78 Å². The monoisotopic (exact) mass is 373 g/mol. The quantitative estimate of drug-likeness (QED) is 0.702. The van der Waals surface area contributed by atoms with Crippen molar-refractivity contribution in [3.63, 3.8) is 0 Å². The zero-order chi connectivity index (χ0) is 19.7. The Morgan fingerprint density at radius 3 is 2.46 bits per heavy atom. The number of aromatic nitrogens is 1. The van der Waals surface area contributed by atoms with Crippen LogP contribution in [0.15, 0.2) is 60.8 Å². The number of nitrogens with zero attached hydrogens (tertiary/aromatic N) is 2. The highest BCUT2D eigenvalue weighted by atomic mass is 16.2. The van der Waals surface area contributed by atoms with Crippen molar-refractivity contribution < 1.29 is 9.59 Å². The summed E-state index contributed by atoms with van der Waals surface area (Å²) in [6.45, 7) is 3.23. The Labute approximate surface area is 164 Å². The predicted octanol–water partition coefficient (Wildman–Crippen LogP) is 4.04. The van der Waals surface area contributed by atoms with Crippen LogP contribution in [0.25, 0.3) is 0 Å². The van der Waals surface area contributed by atoms with Crippen molar-refractivity contribution in [3.8, 4) is 0 Å². The molecule has 2 heterocycles. The van der Waals surface area contributed by atoms with Gasteiger partial charge in [-0.3, -0.25) is 9.59 Å². The van der Waals surface area contributed by atoms with E-state index in [1.165, 1.54) is 18.1 Å². The molecule has 2 aromatic carbocycles. The standard InChI is InChI=1S/C23H23N3O2/c1-16(27)19-13-22(25(2)14-19)23(28)24-20-9-5-6-10-21(20)26-12-11-17-7-3-4-8-18(17)15-26/h3-10,13-14H,11-12,15H2,1-2H3,(H,24,28). The minimum absolute atomic E-state index is 0.0537. The van der Waals surface area contributed by atoms with E-state index in [1.807, 2.05) is 24.3 Å². The third-order valence-corrected chi connectivity index (χ3v) is 5.27. The first-order valence-electron chi connectivity index (χ1n) is 9.42. The Morgan fingerprint density at radius 2 is 1.71 bits per heavy atom. The summed E-state index contributed by atoms with van der Waals surface area (Å²) >= 11 is 0. The van der Waals surface area contributed by atoms with E-state index < -0.39 is 0 Å². The first kappa shape index (κ1) is 18.0. The molecule has 1 aliphatic heterocycles. The van der Waals surface area contributed by atoms with Gasteiger partial charge in [-0.15, -0.1) is 0 Å².